The van der Waals surface area contributed by atoms with Crippen molar-refractivity contribution in [3.63, 3.8) is 0 Å². The van der Waals surface area contributed by atoms with Crippen LogP contribution < -0.4 is 10.0 Å². The minimum atomic E-state index is -3.42. The van der Waals surface area contributed by atoms with Crippen molar-refractivity contribution in [3.05, 3.63) is 24.3 Å². The Balaban J connectivity index is 2.05. The summed E-state index contributed by atoms with van der Waals surface area (Å²) < 4.78 is 27.7. The summed E-state index contributed by atoms with van der Waals surface area (Å²) in [6.07, 6.45) is 6.21. The van der Waals surface area contributed by atoms with Gasteiger partial charge >= 0.3 is 0 Å². The zero-order valence-electron chi connectivity index (χ0n) is 12.6. The van der Waals surface area contributed by atoms with Crippen molar-refractivity contribution in [1.82, 2.24) is 4.72 Å². The van der Waals surface area contributed by atoms with Gasteiger partial charge in [-0.15, -0.1) is 0 Å². The fraction of sp³-hybridized carbons (Fsp3) is 0.600. The minimum Gasteiger partial charge on any atom is -0.385 e. The molecule has 2 rings (SSSR count). The van der Waals surface area contributed by atoms with E-state index in [1.807, 2.05) is 18.4 Å². The van der Waals surface area contributed by atoms with E-state index in [2.05, 4.69) is 17.0 Å². The fourth-order valence-corrected chi connectivity index (χ4v) is 4.96. The van der Waals surface area contributed by atoms with Crippen molar-refractivity contribution in [2.45, 2.75) is 48.8 Å². The van der Waals surface area contributed by atoms with E-state index < -0.39 is 10.0 Å². The normalized spacial score (nSPS) is 22.4. The average Bonchev–Trinajstić information content (AvgIpc) is 2.92. The number of hydrogen-bond acceptors (Lipinski definition) is 4. The molecule has 118 valence electrons. The highest BCUT2D eigenvalue weighted by Gasteiger charge is 2.30. The summed E-state index contributed by atoms with van der Waals surface area (Å²) >= 11 is 1.75. The molecule has 0 spiro atoms. The van der Waals surface area contributed by atoms with Crippen LogP contribution in [0.3, 0.4) is 0 Å². The number of rotatable bonds is 7. The third-order valence-electron chi connectivity index (χ3n) is 3.81. The molecule has 4 nitrogen and oxygen atoms in total. The SMILES string of the molecule is CCCNc1ccc(S(=O)(=O)NC2CCCC2SC)cc1. The van der Waals surface area contributed by atoms with Gasteiger partial charge in [-0.3, -0.25) is 0 Å². The zero-order valence-corrected chi connectivity index (χ0v) is 14.3. The second-order valence-electron chi connectivity index (χ2n) is 5.38. The maximum atomic E-state index is 12.4. The number of anilines is 1. The van der Waals surface area contributed by atoms with Gasteiger partial charge in [0.2, 0.25) is 10.0 Å². The maximum Gasteiger partial charge on any atom is 0.240 e. The quantitative estimate of drug-likeness (QED) is 0.807. The van der Waals surface area contributed by atoms with Crippen molar-refractivity contribution < 1.29 is 8.42 Å². The molecule has 1 fully saturated rings. The standard InChI is InChI=1S/C15H24N2O2S2/c1-3-11-16-12-7-9-13(10-8-12)21(18,19)17-14-5-4-6-15(14)20-2/h7-10,14-17H,3-6,11H2,1-2H3. The van der Waals surface area contributed by atoms with Gasteiger partial charge in [0.1, 0.15) is 0 Å². The van der Waals surface area contributed by atoms with Gasteiger partial charge in [-0.1, -0.05) is 13.3 Å². The third kappa shape index (κ3) is 4.37. The second kappa shape index (κ2) is 7.51. The van der Waals surface area contributed by atoms with E-state index in [1.54, 1.807) is 23.9 Å². The van der Waals surface area contributed by atoms with Gasteiger partial charge < -0.3 is 5.32 Å². The first-order valence-electron chi connectivity index (χ1n) is 7.46. The van der Waals surface area contributed by atoms with Crippen molar-refractivity contribution in [2.24, 2.45) is 0 Å². The minimum absolute atomic E-state index is 0.0582. The molecule has 0 radical (unpaired) electrons. The van der Waals surface area contributed by atoms with Crippen LogP contribution in [0.15, 0.2) is 29.2 Å². The highest BCUT2D eigenvalue weighted by molar-refractivity contribution is 7.99. The molecule has 1 aliphatic rings. The van der Waals surface area contributed by atoms with Crippen LogP contribution in [0.2, 0.25) is 0 Å². The van der Waals surface area contributed by atoms with Gasteiger partial charge in [-0.2, -0.15) is 11.8 Å². The van der Waals surface area contributed by atoms with E-state index in [0.717, 1.165) is 37.9 Å². The first-order valence-corrected chi connectivity index (χ1v) is 10.2. The Labute approximate surface area is 132 Å². The summed E-state index contributed by atoms with van der Waals surface area (Å²) in [4.78, 5) is 0.344. The largest absolute Gasteiger partial charge is 0.385 e. The van der Waals surface area contributed by atoms with Crippen LogP contribution in [0.25, 0.3) is 0 Å². The van der Waals surface area contributed by atoms with Gasteiger partial charge in [0, 0.05) is 23.5 Å². The topological polar surface area (TPSA) is 58.2 Å². The molecule has 2 atom stereocenters. The summed E-state index contributed by atoms with van der Waals surface area (Å²) in [5, 5.41) is 3.64. The molecule has 21 heavy (non-hydrogen) atoms. The molecular weight excluding hydrogens is 304 g/mol. The predicted octanol–water partition coefficient (Wildman–Crippen LogP) is 3.07. The molecule has 2 N–H and O–H groups in total. The van der Waals surface area contributed by atoms with Crippen LogP contribution in [-0.4, -0.2) is 32.5 Å². The molecule has 1 saturated carbocycles. The maximum absolute atomic E-state index is 12.4. The zero-order chi connectivity index (χ0) is 15.3. The first kappa shape index (κ1) is 16.6. The van der Waals surface area contributed by atoms with Gasteiger partial charge in [0.25, 0.3) is 0 Å². The van der Waals surface area contributed by atoms with Gasteiger partial charge in [-0.25, -0.2) is 13.1 Å². The Kier molecular flexibility index (Phi) is 5.96. The van der Waals surface area contributed by atoms with Gasteiger partial charge in [0.05, 0.1) is 4.90 Å². The Bertz CT molecular complexity index is 543. The smallest absolute Gasteiger partial charge is 0.240 e. The van der Waals surface area contributed by atoms with E-state index in [0.29, 0.717) is 10.1 Å². The number of nitrogens with one attached hydrogen (secondary N) is 2. The summed E-state index contributed by atoms with van der Waals surface area (Å²) in [6.45, 7) is 2.99. The van der Waals surface area contributed by atoms with Crippen LogP contribution in [0.4, 0.5) is 5.69 Å². The van der Waals surface area contributed by atoms with E-state index >= 15 is 0 Å². The number of benzene rings is 1. The van der Waals surface area contributed by atoms with Gasteiger partial charge in [-0.05, 0) is 49.8 Å². The lowest BCUT2D eigenvalue weighted by molar-refractivity contribution is 0.555. The molecule has 1 aromatic rings. The van der Waals surface area contributed by atoms with Crippen molar-refractivity contribution in [2.75, 3.05) is 18.1 Å². The average molecular weight is 329 g/mol. The van der Waals surface area contributed by atoms with Gasteiger partial charge in [0.15, 0.2) is 0 Å². The molecule has 6 heteroatoms. The lowest BCUT2D eigenvalue weighted by Gasteiger charge is -2.19. The monoisotopic (exact) mass is 328 g/mol. The Hall–Kier alpha value is -0.720. The summed E-state index contributed by atoms with van der Waals surface area (Å²) in [5.74, 6) is 0. The van der Waals surface area contributed by atoms with Crippen LogP contribution in [0.5, 0.6) is 0 Å². The number of hydrogen-bond donors (Lipinski definition) is 2. The molecule has 0 saturated heterocycles. The van der Waals surface area contributed by atoms with Crippen LogP contribution >= 0.6 is 11.8 Å². The number of thioether (sulfide) groups is 1. The Morgan fingerprint density at radius 2 is 1.95 bits per heavy atom. The molecule has 0 aliphatic heterocycles. The van der Waals surface area contributed by atoms with Crippen molar-refractivity contribution in [1.29, 1.82) is 0 Å². The van der Waals surface area contributed by atoms with E-state index in [-0.39, 0.29) is 6.04 Å². The predicted molar refractivity (Wildman–Crippen MR) is 90.5 cm³/mol. The van der Waals surface area contributed by atoms with E-state index in [4.69, 9.17) is 0 Å². The molecule has 0 heterocycles. The van der Waals surface area contributed by atoms with Crippen LogP contribution in [0, 0.1) is 0 Å². The fourth-order valence-electron chi connectivity index (χ4n) is 2.63. The van der Waals surface area contributed by atoms with Crippen molar-refractivity contribution >= 4 is 27.5 Å². The van der Waals surface area contributed by atoms with E-state index in [1.165, 1.54) is 0 Å². The third-order valence-corrected chi connectivity index (χ3v) is 6.48. The second-order valence-corrected chi connectivity index (χ2v) is 8.17. The molecule has 0 aromatic heterocycles. The highest BCUT2D eigenvalue weighted by atomic mass is 32.2. The molecule has 1 aliphatic carbocycles. The van der Waals surface area contributed by atoms with Crippen molar-refractivity contribution in [3.8, 4) is 0 Å². The Morgan fingerprint density at radius 3 is 2.57 bits per heavy atom. The number of sulfonamides is 1. The highest BCUT2D eigenvalue weighted by Crippen LogP contribution is 2.29. The Morgan fingerprint density at radius 1 is 1.24 bits per heavy atom. The summed E-state index contributed by atoms with van der Waals surface area (Å²) in [5.41, 5.74) is 0.957. The lowest BCUT2D eigenvalue weighted by Crippen LogP contribution is -2.38. The molecule has 2 unspecified atom stereocenters. The lowest BCUT2D eigenvalue weighted by atomic mass is 10.3. The summed E-state index contributed by atoms with van der Waals surface area (Å²) in [6, 6.07) is 7.05. The molecule has 1 aromatic carbocycles. The molecule has 0 amide bonds. The van der Waals surface area contributed by atoms with E-state index in [9.17, 15) is 8.42 Å². The first-order chi connectivity index (χ1) is 10.1. The molecule has 0 bridgehead atoms. The molecular formula is C15H24N2O2S2. The van der Waals surface area contributed by atoms with Crippen LogP contribution in [0.1, 0.15) is 32.6 Å². The summed E-state index contributed by atoms with van der Waals surface area (Å²) in [7, 11) is -3.42. The van der Waals surface area contributed by atoms with Crippen LogP contribution in [-0.2, 0) is 10.0 Å².